The molecule has 226 valence electrons. The monoisotopic (exact) mass is 604 g/mol. The first-order chi connectivity index (χ1) is 20.6. The number of carbonyl (C=O) groups excluding carboxylic acids is 1. The molecule has 0 spiro atoms. The Morgan fingerprint density at radius 2 is 2.00 bits per heavy atom. The summed E-state index contributed by atoms with van der Waals surface area (Å²) in [5.74, 6) is 0.299. The van der Waals surface area contributed by atoms with E-state index in [4.69, 9.17) is 11.1 Å². The topological polar surface area (TPSA) is 151 Å². The largest absolute Gasteiger partial charge is 0.384 e. The lowest BCUT2D eigenvalue weighted by atomic mass is 10.1. The van der Waals surface area contributed by atoms with Crippen molar-refractivity contribution in [3.63, 3.8) is 0 Å². The predicted octanol–water partition coefficient (Wildman–Crippen LogP) is 5.47. The highest BCUT2D eigenvalue weighted by Crippen LogP contribution is 2.27. The minimum absolute atomic E-state index is 0.0313. The third kappa shape index (κ3) is 7.69. The van der Waals surface area contributed by atoms with E-state index in [1.54, 1.807) is 38.2 Å². The minimum Gasteiger partial charge on any atom is -0.384 e. The van der Waals surface area contributed by atoms with Gasteiger partial charge in [0.15, 0.2) is 0 Å². The summed E-state index contributed by atoms with van der Waals surface area (Å²) in [6.07, 6.45) is 6.74. The van der Waals surface area contributed by atoms with Gasteiger partial charge in [-0.3, -0.25) is 19.6 Å². The lowest BCUT2D eigenvalue weighted by molar-refractivity contribution is -0.124. The Bertz CT molecular complexity index is 1710. The quantitative estimate of drug-likeness (QED) is 0.155. The van der Waals surface area contributed by atoms with Gasteiger partial charge in [0.1, 0.15) is 35.0 Å². The average Bonchev–Trinajstić information content (AvgIpc) is 3.61. The van der Waals surface area contributed by atoms with E-state index in [9.17, 15) is 14.0 Å². The summed E-state index contributed by atoms with van der Waals surface area (Å²) in [7, 11) is 0. The Kier molecular flexibility index (Phi) is 10.4. The molecule has 2 atom stereocenters. The number of fused-ring (bicyclic) bond motifs is 2. The van der Waals surface area contributed by atoms with Crippen LogP contribution in [0.4, 0.5) is 15.9 Å². The van der Waals surface area contributed by atoms with Crippen molar-refractivity contribution < 1.29 is 9.18 Å². The summed E-state index contributed by atoms with van der Waals surface area (Å²) >= 11 is 1.53. The molecule has 0 saturated carbocycles. The molecule has 0 fully saturated rings. The lowest BCUT2D eigenvalue weighted by Gasteiger charge is -2.17. The Balaban J connectivity index is 0.000000996. The van der Waals surface area contributed by atoms with Crippen molar-refractivity contribution in [1.29, 1.82) is 5.41 Å². The van der Waals surface area contributed by atoms with Crippen molar-refractivity contribution in [3.05, 3.63) is 81.2 Å². The van der Waals surface area contributed by atoms with Crippen LogP contribution in [0.2, 0.25) is 0 Å². The second kappa shape index (κ2) is 14.1. The number of unbranched alkanes of at least 4 members (excludes halogenated alkanes) is 1. The Hall–Kier alpha value is -4.45. The van der Waals surface area contributed by atoms with E-state index in [0.717, 1.165) is 15.0 Å². The average molecular weight is 605 g/mol. The fourth-order valence-corrected chi connectivity index (χ4v) is 5.51. The SMILES string of the molecule is CC(=NC(=N)C(C)Nc1cnc2n(c1=O)C(C(=O)NCc1cc3cnc(N)cc3s1)CC2)c1cccc(F)c1.CCCC. The second-order valence-corrected chi connectivity index (χ2v) is 11.5. The molecule has 2 unspecified atom stereocenters. The summed E-state index contributed by atoms with van der Waals surface area (Å²) in [5.41, 5.74) is 6.59. The molecule has 43 heavy (non-hydrogen) atoms. The van der Waals surface area contributed by atoms with Gasteiger partial charge in [0, 0.05) is 33.3 Å². The molecule has 1 amide bonds. The van der Waals surface area contributed by atoms with Crippen LogP contribution in [0.1, 0.15) is 69.3 Å². The van der Waals surface area contributed by atoms with Gasteiger partial charge in [0.25, 0.3) is 5.56 Å². The van der Waals surface area contributed by atoms with E-state index in [1.807, 2.05) is 6.07 Å². The van der Waals surface area contributed by atoms with Crippen molar-refractivity contribution in [3.8, 4) is 0 Å². The zero-order chi connectivity index (χ0) is 31.1. The van der Waals surface area contributed by atoms with Crippen LogP contribution >= 0.6 is 11.3 Å². The van der Waals surface area contributed by atoms with Crippen molar-refractivity contribution in [2.45, 2.75) is 72.0 Å². The zero-order valence-corrected chi connectivity index (χ0v) is 25.6. The van der Waals surface area contributed by atoms with E-state index >= 15 is 0 Å². The highest BCUT2D eigenvalue weighted by Gasteiger charge is 2.31. The Labute approximate surface area is 253 Å². The molecule has 12 heteroatoms. The van der Waals surface area contributed by atoms with Gasteiger partial charge in [-0.2, -0.15) is 0 Å². The summed E-state index contributed by atoms with van der Waals surface area (Å²) in [4.78, 5) is 40.2. The number of aliphatic imine (C=N–C) groups is 1. The van der Waals surface area contributed by atoms with E-state index in [1.165, 1.54) is 47.1 Å². The Morgan fingerprint density at radius 3 is 2.72 bits per heavy atom. The first kappa shape index (κ1) is 31.5. The van der Waals surface area contributed by atoms with E-state index in [2.05, 4.69) is 39.4 Å². The number of anilines is 2. The number of amides is 1. The van der Waals surface area contributed by atoms with Crippen LogP contribution in [-0.2, 0) is 17.8 Å². The zero-order valence-electron chi connectivity index (χ0n) is 24.8. The Morgan fingerprint density at radius 1 is 1.23 bits per heavy atom. The van der Waals surface area contributed by atoms with Crippen LogP contribution in [0.15, 0.2) is 58.6 Å². The van der Waals surface area contributed by atoms with Crippen molar-refractivity contribution in [2.75, 3.05) is 11.1 Å². The number of aryl methyl sites for hydroxylation is 1. The molecule has 0 aliphatic carbocycles. The standard InChI is InChI=1S/C27H27FN8O2S.C4H10/c1-14(16-4-3-5-18(28)8-16)35-25(30)15(2)34-20-13-32-24-7-6-21(36(24)27(20)38)26(37)33-12-19-9-17-11-31-23(29)10-22(17)39-19;1-3-4-2/h3-5,8-11,13,15,21,30,34H,6-7,12H2,1-2H3,(H2,29,31)(H,33,37);3-4H2,1-2H3. The summed E-state index contributed by atoms with van der Waals surface area (Å²) in [6, 6.07) is 8.42. The molecule has 4 aromatic rings. The molecule has 5 N–H and O–H groups in total. The number of rotatable bonds is 8. The lowest BCUT2D eigenvalue weighted by Crippen LogP contribution is -2.37. The maximum absolute atomic E-state index is 13.5. The van der Waals surface area contributed by atoms with Crippen molar-refractivity contribution >= 4 is 50.4 Å². The number of halogens is 1. The molecule has 0 bridgehead atoms. The summed E-state index contributed by atoms with van der Waals surface area (Å²) in [5, 5.41) is 15.2. The van der Waals surface area contributed by atoms with Gasteiger partial charge >= 0.3 is 0 Å². The number of nitrogens with one attached hydrogen (secondary N) is 3. The molecule has 5 rings (SSSR count). The highest BCUT2D eigenvalue weighted by atomic mass is 32.1. The summed E-state index contributed by atoms with van der Waals surface area (Å²) in [6.45, 7) is 8.07. The number of nitrogens with zero attached hydrogens (tertiary/aromatic N) is 4. The van der Waals surface area contributed by atoms with Crippen LogP contribution < -0.4 is 21.9 Å². The number of hydrogen-bond donors (Lipinski definition) is 4. The molecule has 3 aromatic heterocycles. The summed E-state index contributed by atoms with van der Waals surface area (Å²) < 4.78 is 16.0. The molecule has 0 saturated heterocycles. The van der Waals surface area contributed by atoms with Crippen LogP contribution in [0, 0.1) is 11.2 Å². The number of nitrogens with two attached hydrogens (primary N) is 1. The van der Waals surface area contributed by atoms with Gasteiger partial charge in [0.2, 0.25) is 5.91 Å². The number of nitrogen functional groups attached to an aromatic ring is 1. The molecule has 1 aliphatic rings. The molecule has 4 heterocycles. The molecule has 10 nitrogen and oxygen atoms in total. The number of benzene rings is 1. The van der Waals surface area contributed by atoms with Crippen LogP contribution in [0.25, 0.3) is 10.1 Å². The van der Waals surface area contributed by atoms with Gasteiger partial charge in [-0.05, 0) is 50.1 Å². The van der Waals surface area contributed by atoms with Crippen molar-refractivity contribution in [2.24, 2.45) is 4.99 Å². The van der Waals surface area contributed by atoms with E-state index in [0.29, 0.717) is 42.3 Å². The maximum Gasteiger partial charge on any atom is 0.277 e. The normalized spacial score (nSPS) is 14.9. The van der Waals surface area contributed by atoms with E-state index in [-0.39, 0.29) is 28.8 Å². The first-order valence-corrected chi connectivity index (χ1v) is 15.1. The molecule has 1 aromatic carbocycles. The van der Waals surface area contributed by atoms with E-state index < -0.39 is 12.1 Å². The van der Waals surface area contributed by atoms with Gasteiger partial charge < -0.3 is 16.4 Å². The first-order valence-electron chi connectivity index (χ1n) is 14.3. The van der Waals surface area contributed by atoms with Gasteiger partial charge in [-0.15, -0.1) is 11.3 Å². The third-order valence-electron chi connectivity index (χ3n) is 7.05. The number of pyridine rings is 1. The van der Waals surface area contributed by atoms with Crippen LogP contribution in [0.5, 0.6) is 0 Å². The number of thiophene rings is 1. The fraction of sp³-hybridized carbons (Fsp3) is 0.355. The second-order valence-electron chi connectivity index (χ2n) is 10.4. The van der Waals surface area contributed by atoms with Crippen LogP contribution in [0.3, 0.4) is 0 Å². The number of hydrogen-bond acceptors (Lipinski definition) is 8. The van der Waals surface area contributed by atoms with Gasteiger partial charge in [0.05, 0.1) is 18.8 Å². The molecular weight excluding hydrogens is 567 g/mol. The van der Waals surface area contributed by atoms with Crippen LogP contribution in [-0.4, -0.2) is 38.0 Å². The molecular formula is C31H37FN8O2S. The smallest absolute Gasteiger partial charge is 0.277 e. The fourth-order valence-electron chi connectivity index (χ4n) is 4.49. The molecule has 1 aliphatic heterocycles. The highest BCUT2D eigenvalue weighted by molar-refractivity contribution is 7.19. The third-order valence-corrected chi connectivity index (χ3v) is 8.15. The minimum atomic E-state index is -0.684. The number of carbonyl (C=O) groups is 1. The van der Waals surface area contributed by atoms with Crippen molar-refractivity contribution in [1.82, 2.24) is 19.9 Å². The molecule has 0 radical (unpaired) electrons. The van der Waals surface area contributed by atoms with Gasteiger partial charge in [-0.1, -0.05) is 38.8 Å². The van der Waals surface area contributed by atoms with Gasteiger partial charge in [-0.25, -0.2) is 19.4 Å². The number of aromatic nitrogens is 3. The maximum atomic E-state index is 13.5. The predicted molar refractivity (Wildman–Crippen MR) is 172 cm³/mol. The number of amidine groups is 1.